The number of carboxylic acids is 1. The fraction of sp³-hybridized carbons (Fsp3) is 0.207. The Labute approximate surface area is 278 Å². The average Bonchev–Trinajstić information content (AvgIpc) is 3.59. The van der Waals surface area contributed by atoms with Crippen molar-refractivity contribution in [3.05, 3.63) is 87.2 Å². The third-order valence-electron chi connectivity index (χ3n) is 7.60. The number of β-lactam (4-membered cyclic amide) rings is 1. The van der Waals surface area contributed by atoms with Crippen molar-refractivity contribution < 1.29 is 33.3 Å². The molecule has 1 fully saturated rings. The van der Waals surface area contributed by atoms with Crippen LogP contribution in [-0.4, -0.2) is 68.1 Å². The predicted molar refractivity (Wildman–Crippen MR) is 171 cm³/mol. The molecule has 0 saturated carbocycles. The van der Waals surface area contributed by atoms with Crippen LogP contribution < -0.4 is 26.5 Å². The topological polar surface area (TPSA) is 209 Å². The molecule has 2 aliphatic heterocycles. The molecule has 2 atom stereocenters. The van der Waals surface area contributed by atoms with E-state index in [1.54, 1.807) is 22.9 Å². The van der Waals surface area contributed by atoms with E-state index in [0.29, 0.717) is 11.1 Å². The lowest BCUT2D eigenvalue weighted by molar-refractivity contribution is -0.687. The van der Waals surface area contributed by atoms with Gasteiger partial charge in [-0.25, -0.2) is 9.37 Å². The summed E-state index contributed by atoms with van der Waals surface area (Å²) in [6.07, 6.45) is 5.40. The van der Waals surface area contributed by atoms with Crippen LogP contribution in [0.5, 0.6) is 0 Å². The molecule has 242 valence electrons. The number of nitrogens with two attached hydrogens (primary N) is 2. The summed E-state index contributed by atoms with van der Waals surface area (Å²) in [5.74, 6) is -3.45. The van der Waals surface area contributed by atoms with E-state index in [9.17, 15) is 23.9 Å². The van der Waals surface area contributed by atoms with E-state index in [0.717, 1.165) is 27.1 Å². The molecule has 1 aromatic carbocycles. The molecule has 14 nitrogen and oxygen atoms in total. The first-order valence-corrected chi connectivity index (χ1v) is 16.0. The van der Waals surface area contributed by atoms with Crippen LogP contribution in [0.25, 0.3) is 10.9 Å². The maximum Gasteiger partial charge on any atom is 0.276 e. The van der Waals surface area contributed by atoms with Crippen molar-refractivity contribution in [2.24, 2.45) is 10.9 Å². The van der Waals surface area contributed by atoms with Gasteiger partial charge in [-0.05, 0) is 12.1 Å². The van der Waals surface area contributed by atoms with Crippen molar-refractivity contribution in [1.29, 1.82) is 5.41 Å². The summed E-state index contributed by atoms with van der Waals surface area (Å²) < 4.78 is 18.5. The summed E-state index contributed by atoms with van der Waals surface area (Å²) >= 11 is 8.37. The number of nitrogens with one attached hydrogen (secondary N) is 2. The summed E-state index contributed by atoms with van der Waals surface area (Å²) in [6, 6.07) is 7.05. The Balaban J connectivity index is 1.21. The molecular weight excluding hydrogens is 673 g/mol. The number of carbonyl (C=O) groups excluding carboxylic acids is 3. The number of anilines is 1. The highest BCUT2D eigenvalue weighted by molar-refractivity contribution is 8.00. The van der Waals surface area contributed by atoms with E-state index in [2.05, 4.69) is 15.5 Å². The molecule has 4 aromatic rings. The van der Waals surface area contributed by atoms with E-state index in [1.807, 2.05) is 29.1 Å². The van der Waals surface area contributed by atoms with Gasteiger partial charge in [-0.15, -0.1) is 11.8 Å². The number of aromatic nitrogens is 3. The maximum absolute atomic E-state index is 14.8. The van der Waals surface area contributed by atoms with E-state index in [4.69, 9.17) is 33.3 Å². The zero-order valence-electron chi connectivity index (χ0n) is 24.4. The Morgan fingerprint density at radius 1 is 1.34 bits per heavy atom. The van der Waals surface area contributed by atoms with Crippen molar-refractivity contribution in [3.8, 4) is 0 Å². The average molecular weight is 698 g/mol. The van der Waals surface area contributed by atoms with Crippen LogP contribution in [0.4, 0.5) is 9.52 Å². The first-order valence-electron chi connectivity index (χ1n) is 13.8. The van der Waals surface area contributed by atoms with Gasteiger partial charge in [0.1, 0.15) is 45.7 Å². The van der Waals surface area contributed by atoms with Crippen LogP contribution in [0.15, 0.2) is 65.3 Å². The Kier molecular flexibility index (Phi) is 8.61. The summed E-state index contributed by atoms with van der Waals surface area (Å²) in [6.45, 7) is 0.331. The maximum atomic E-state index is 14.8. The van der Waals surface area contributed by atoms with E-state index in [-0.39, 0.29) is 56.8 Å². The predicted octanol–water partition coefficient (Wildman–Crippen LogP) is 0.547. The summed E-state index contributed by atoms with van der Waals surface area (Å²) in [5, 5.41) is 26.4. The minimum atomic E-state index is -1.52. The van der Waals surface area contributed by atoms with Crippen LogP contribution in [0.1, 0.15) is 16.8 Å². The van der Waals surface area contributed by atoms with E-state index in [1.165, 1.54) is 24.9 Å². The van der Waals surface area contributed by atoms with E-state index < -0.39 is 35.0 Å². The Morgan fingerprint density at radius 2 is 2.13 bits per heavy atom. The van der Waals surface area contributed by atoms with Gasteiger partial charge in [0.2, 0.25) is 0 Å². The zero-order chi connectivity index (χ0) is 33.6. The van der Waals surface area contributed by atoms with Gasteiger partial charge in [0.25, 0.3) is 11.8 Å². The van der Waals surface area contributed by atoms with Crippen molar-refractivity contribution in [2.45, 2.75) is 24.5 Å². The van der Waals surface area contributed by atoms with Gasteiger partial charge >= 0.3 is 0 Å². The summed E-state index contributed by atoms with van der Waals surface area (Å²) in [5.41, 5.74) is 12.5. The fourth-order valence-corrected chi connectivity index (χ4v) is 7.66. The first-order chi connectivity index (χ1) is 22.5. The second-order valence-electron chi connectivity index (χ2n) is 10.5. The molecule has 2 aliphatic rings. The highest BCUT2D eigenvalue weighted by Gasteiger charge is 2.53. The molecule has 18 heteroatoms. The van der Waals surface area contributed by atoms with Crippen molar-refractivity contribution >= 4 is 80.1 Å². The number of hydrogen-bond acceptors (Lipinski definition) is 11. The lowest BCUT2D eigenvalue weighted by atomic mass is 10.0. The number of hydrogen-bond donors (Lipinski definition) is 4. The van der Waals surface area contributed by atoms with Gasteiger partial charge in [0, 0.05) is 40.1 Å². The van der Waals surface area contributed by atoms with Crippen LogP contribution in [0.2, 0.25) is 4.34 Å². The van der Waals surface area contributed by atoms with E-state index >= 15 is 0 Å². The number of thioether (sulfide) groups is 1. The number of nitrogens with zero attached hydrogens (tertiary/aromatic N) is 5. The van der Waals surface area contributed by atoms with Gasteiger partial charge in [-0.1, -0.05) is 40.2 Å². The number of carboxylic acid groups (broad SMARTS) is 1. The molecule has 1 saturated heterocycles. The highest BCUT2D eigenvalue weighted by Crippen LogP contribution is 2.40. The SMILES string of the molecule is CO/N=C(\C(=O)N[C@@H]1C(=O)N2C(C(=O)[O-])=C(C[n+]3ccc4ccn(Cc5ccc(C(=N)N)cc5F)c4c3)CS[C@H]12)c1nc(N)sc1Cl. The number of amides is 2. The Hall–Kier alpha value is -5.00. The monoisotopic (exact) mass is 697 g/mol. The number of nitrogen functional groups attached to an aromatic ring is 2. The van der Waals surface area contributed by atoms with Crippen LogP contribution in [-0.2, 0) is 32.3 Å². The second kappa shape index (κ2) is 12.7. The standard InChI is InChI=1S/C29H25ClFN9O5S2/c1-45-37-20(19-23(30)47-29(34)36-19)25(41)35-21-26(42)40-22(28(43)44)16(12-46-27(21)40)9-38-6-4-13-5-7-39(18(13)11-38)10-15-3-2-14(24(32)33)8-17(15)31/h2-8,11,21,27H,9-10,12H2,1H3,(H6-,32,33,34,35,36,41,43,44)/b37-20-/t21-,27-/m1/s1. The highest BCUT2D eigenvalue weighted by atomic mass is 35.5. The fourth-order valence-electron chi connectivity index (χ4n) is 5.40. The molecule has 0 spiro atoms. The van der Waals surface area contributed by atoms with Gasteiger partial charge in [-0.3, -0.25) is 19.9 Å². The molecule has 5 heterocycles. The van der Waals surface area contributed by atoms with Crippen molar-refractivity contribution in [2.75, 3.05) is 18.6 Å². The Morgan fingerprint density at radius 3 is 2.79 bits per heavy atom. The number of rotatable bonds is 10. The lowest BCUT2D eigenvalue weighted by Crippen LogP contribution is -2.71. The van der Waals surface area contributed by atoms with Crippen molar-refractivity contribution in [1.82, 2.24) is 19.8 Å². The van der Waals surface area contributed by atoms with Gasteiger partial charge in [0.05, 0.1) is 18.2 Å². The first kappa shape index (κ1) is 32.0. The number of oxime groups is 1. The minimum Gasteiger partial charge on any atom is -0.543 e. The number of benzene rings is 1. The summed E-state index contributed by atoms with van der Waals surface area (Å²) in [7, 11) is 1.23. The summed E-state index contributed by atoms with van der Waals surface area (Å²) in [4.78, 5) is 48.6. The quantitative estimate of drug-likeness (QED) is 0.0599. The third-order valence-corrected chi connectivity index (χ3v) is 10.0. The number of amidine groups is 1. The molecule has 6 rings (SSSR count). The third kappa shape index (κ3) is 5.99. The van der Waals surface area contributed by atoms with Gasteiger partial charge in [0.15, 0.2) is 29.8 Å². The van der Waals surface area contributed by atoms with Gasteiger partial charge in [-0.2, -0.15) is 4.57 Å². The number of fused-ring (bicyclic) bond motifs is 2. The molecule has 0 aliphatic carbocycles. The smallest absolute Gasteiger partial charge is 0.276 e. The molecule has 47 heavy (non-hydrogen) atoms. The van der Waals surface area contributed by atoms with Crippen LogP contribution in [0, 0.1) is 11.2 Å². The number of carbonyl (C=O) groups is 3. The van der Waals surface area contributed by atoms with Gasteiger partial charge < -0.3 is 36.1 Å². The number of aliphatic carboxylic acids is 1. The number of halogens is 2. The van der Waals surface area contributed by atoms with Crippen molar-refractivity contribution in [3.63, 3.8) is 0 Å². The van der Waals surface area contributed by atoms with Crippen LogP contribution >= 0.6 is 34.7 Å². The normalized spacial score (nSPS) is 17.8. The molecule has 0 unspecified atom stereocenters. The number of pyridine rings is 1. The largest absolute Gasteiger partial charge is 0.543 e. The number of thiazole rings is 1. The minimum absolute atomic E-state index is 0.0118. The lowest BCUT2D eigenvalue weighted by Gasteiger charge is -2.50. The molecule has 0 bridgehead atoms. The molecule has 3 aromatic heterocycles. The molecular formula is C29H25ClFN9O5S2. The zero-order valence-corrected chi connectivity index (χ0v) is 26.8. The molecule has 0 radical (unpaired) electrons. The van der Waals surface area contributed by atoms with Crippen LogP contribution in [0.3, 0.4) is 0 Å². The Bertz CT molecular complexity index is 2040. The molecule has 6 N–H and O–H groups in total. The second-order valence-corrected chi connectivity index (χ2v) is 13.3. The molecule has 2 amide bonds.